The first-order valence-electron chi connectivity index (χ1n) is 5.84. The van der Waals surface area contributed by atoms with Gasteiger partial charge in [-0.05, 0) is 23.6 Å². The van der Waals surface area contributed by atoms with Crippen molar-refractivity contribution in [2.24, 2.45) is 5.14 Å². The van der Waals surface area contributed by atoms with Gasteiger partial charge in [-0.1, -0.05) is 0 Å². The number of ether oxygens (including phenoxy) is 2. The summed E-state index contributed by atoms with van der Waals surface area (Å²) in [5, 5.41) is 7.63. The Bertz CT molecular complexity index is 761. The molecule has 0 aliphatic carbocycles. The van der Waals surface area contributed by atoms with Crippen molar-refractivity contribution in [1.29, 1.82) is 0 Å². The number of nitrogens with zero attached hydrogens (tertiary/aromatic N) is 1. The number of nitrogens with two attached hydrogens (primary N) is 1. The Morgan fingerprint density at radius 3 is 2.80 bits per heavy atom. The lowest BCUT2D eigenvalue weighted by molar-refractivity contribution is 0.174. The summed E-state index contributed by atoms with van der Waals surface area (Å²) in [7, 11) is -3.45. The van der Waals surface area contributed by atoms with Gasteiger partial charge in [0.15, 0.2) is 11.5 Å². The molecule has 1 aliphatic heterocycles. The monoisotopic (exact) mass is 312 g/mol. The number of hydrogen-bond acceptors (Lipinski definition) is 6. The summed E-state index contributed by atoms with van der Waals surface area (Å²) in [4.78, 5) is 4.28. The number of hydrogen-bond donors (Lipinski definition) is 1. The SMILES string of the molecule is NS(=O)(=O)CCSc1nccc2cc3c(cc12)OCO3. The minimum absolute atomic E-state index is 0.0830. The van der Waals surface area contributed by atoms with Crippen LogP contribution < -0.4 is 14.6 Å². The predicted octanol–water partition coefficient (Wildman–Crippen LogP) is 1.34. The Morgan fingerprint density at radius 1 is 1.30 bits per heavy atom. The summed E-state index contributed by atoms with van der Waals surface area (Å²) in [5.74, 6) is 1.67. The van der Waals surface area contributed by atoms with E-state index < -0.39 is 10.0 Å². The number of sulfonamides is 1. The molecule has 0 unspecified atom stereocenters. The van der Waals surface area contributed by atoms with Crippen LogP contribution in [0.5, 0.6) is 11.5 Å². The van der Waals surface area contributed by atoms with Gasteiger partial charge in [-0.3, -0.25) is 0 Å². The quantitative estimate of drug-likeness (QED) is 0.857. The van der Waals surface area contributed by atoms with E-state index in [1.165, 1.54) is 11.8 Å². The van der Waals surface area contributed by atoms with E-state index in [2.05, 4.69) is 4.98 Å². The van der Waals surface area contributed by atoms with Gasteiger partial charge in [-0.15, -0.1) is 11.8 Å². The molecular weight excluding hydrogens is 300 g/mol. The van der Waals surface area contributed by atoms with E-state index in [4.69, 9.17) is 14.6 Å². The van der Waals surface area contributed by atoms with Crippen molar-refractivity contribution in [2.75, 3.05) is 18.3 Å². The van der Waals surface area contributed by atoms with E-state index >= 15 is 0 Å². The number of benzene rings is 1. The molecule has 0 atom stereocenters. The second-order valence-corrected chi connectivity index (χ2v) is 7.08. The second kappa shape index (κ2) is 5.12. The van der Waals surface area contributed by atoms with Gasteiger partial charge in [-0.25, -0.2) is 18.5 Å². The number of primary sulfonamides is 1. The Labute approximate surface area is 120 Å². The van der Waals surface area contributed by atoms with Gasteiger partial charge in [0.2, 0.25) is 16.8 Å². The maximum absolute atomic E-state index is 10.9. The standard InChI is InChI=1S/C12H12N2O4S2/c13-20(15,16)4-3-19-12-9-6-11-10(17-7-18-11)5-8(9)1-2-14-12/h1-2,5-6H,3-4,7H2,(H2,13,15,16). The number of aromatic nitrogens is 1. The fourth-order valence-electron chi connectivity index (χ4n) is 1.91. The van der Waals surface area contributed by atoms with E-state index in [0.29, 0.717) is 17.3 Å². The van der Waals surface area contributed by atoms with Crippen LogP contribution in [0.15, 0.2) is 29.4 Å². The van der Waals surface area contributed by atoms with E-state index in [1.54, 1.807) is 6.20 Å². The number of thioether (sulfide) groups is 1. The van der Waals surface area contributed by atoms with E-state index in [-0.39, 0.29) is 12.5 Å². The van der Waals surface area contributed by atoms with Crippen LogP contribution in [0.4, 0.5) is 0 Å². The summed E-state index contributed by atoms with van der Waals surface area (Å²) in [6, 6.07) is 5.63. The molecule has 1 aromatic heterocycles. The fourth-order valence-corrected chi connectivity index (χ4v) is 3.83. The molecular formula is C12H12N2O4S2. The van der Waals surface area contributed by atoms with E-state index in [0.717, 1.165) is 15.8 Å². The first-order valence-corrected chi connectivity index (χ1v) is 8.55. The van der Waals surface area contributed by atoms with Crippen molar-refractivity contribution in [2.45, 2.75) is 5.03 Å². The third kappa shape index (κ3) is 2.82. The average Bonchev–Trinajstić information content (AvgIpc) is 2.82. The highest BCUT2D eigenvalue weighted by Gasteiger charge is 2.16. The lowest BCUT2D eigenvalue weighted by Crippen LogP contribution is -2.17. The maximum Gasteiger partial charge on any atom is 0.231 e. The molecule has 3 rings (SSSR count). The van der Waals surface area contributed by atoms with Crippen LogP contribution in [-0.4, -0.2) is 31.7 Å². The van der Waals surface area contributed by atoms with Gasteiger partial charge in [0, 0.05) is 17.3 Å². The predicted molar refractivity (Wildman–Crippen MR) is 76.6 cm³/mol. The van der Waals surface area contributed by atoms with Crippen LogP contribution in [0.1, 0.15) is 0 Å². The molecule has 0 spiro atoms. The smallest absolute Gasteiger partial charge is 0.231 e. The molecule has 106 valence electrons. The minimum atomic E-state index is -3.45. The molecule has 1 aromatic carbocycles. The van der Waals surface area contributed by atoms with Crippen molar-refractivity contribution in [1.82, 2.24) is 4.98 Å². The first-order chi connectivity index (χ1) is 9.53. The van der Waals surface area contributed by atoms with Crippen LogP contribution in [0.2, 0.25) is 0 Å². The highest BCUT2D eigenvalue weighted by Crippen LogP contribution is 2.38. The van der Waals surface area contributed by atoms with Gasteiger partial charge < -0.3 is 9.47 Å². The topological polar surface area (TPSA) is 91.5 Å². The summed E-state index contributed by atoms with van der Waals surface area (Å²) < 4.78 is 32.6. The Kier molecular flexibility index (Phi) is 3.45. The van der Waals surface area contributed by atoms with Gasteiger partial charge in [0.05, 0.1) is 5.75 Å². The van der Waals surface area contributed by atoms with Crippen molar-refractivity contribution >= 4 is 32.6 Å². The molecule has 0 amide bonds. The summed E-state index contributed by atoms with van der Waals surface area (Å²) in [5.41, 5.74) is 0. The Morgan fingerprint density at radius 2 is 2.05 bits per heavy atom. The third-order valence-corrected chi connectivity index (χ3v) is 4.87. The first kappa shape index (κ1) is 13.5. The van der Waals surface area contributed by atoms with Gasteiger partial charge >= 0.3 is 0 Å². The van der Waals surface area contributed by atoms with Gasteiger partial charge in [-0.2, -0.15) is 0 Å². The summed E-state index contributed by atoms with van der Waals surface area (Å²) in [6.07, 6.45) is 1.68. The molecule has 8 heteroatoms. The van der Waals surface area contributed by atoms with E-state index in [9.17, 15) is 8.42 Å². The average molecular weight is 312 g/mol. The van der Waals surface area contributed by atoms with Crippen molar-refractivity contribution < 1.29 is 17.9 Å². The largest absolute Gasteiger partial charge is 0.454 e. The van der Waals surface area contributed by atoms with Crippen LogP contribution in [0.25, 0.3) is 10.8 Å². The molecule has 0 saturated heterocycles. The van der Waals surface area contributed by atoms with Crippen molar-refractivity contribution in [3.63, 3.8) is 0 Å². The molecule has 2 heterocycles. The van der Waals surface area contributed by atoms with Crippen molar-refractivity contribution in [3.05, 3.63) is 24.4 Å². The number of fused-ring (bicyclic) bond motifs is 2. The summed E-state index contributed by atoms with van der Waals surface area (Å²) in [6.45, 7) is 0.215. The van der Waals surface area contributed by atoms with Gasteiger partial charge in [0.1, 0.15) is 5.03 Å². The van der Waals surface area contributed by atoms with Crippen molar-refractivity contribution in [3.8, 4) is 11.5 Å². The molecule has 0 saturated carbocycles. The fraction of sp³-hybridized carbons (Fsp3) is 0.250. The van der Waals surface area contributed by atoms with Gasteiger partial charge in [0.25, 0.3) is 0 Å². The highest BCUT2D eigenvalue weighted by molar-refractivity contribution is 8.00. The van der Waals surface area contributed by atoms with Crippen LogP contribution in [-0.2, 0) is 10.0 Å². The zero-order valence-corrected chi connectivity index (χ0v) is 12.0. The zero-order valence-electron chi connectivity index (χ0n) is 10.4. The van der Waals surface area contributed by atoms with Crippen LogP contribution >= 0.6 is 11.8 Å². The normalized spacial score (nSPS) is 13.8. The molecule has 1 aliphatic rings. The lowest BCUT2D eigenvalue weighted by atomic mass is 10.1. The van der Waals surface area contributed by atoms with Crippen LogP contribution in [0, 0.1) is 0 Å². The molecule has 2 aromatic rings. The molecule has 0 radical (unpaired) electrons. The second-order valence-electron chi connectivity index (χ2n) is 4.26. The zero-order chi connectivity index (χ0) is 14.2. The number of rotatable bonds is 4. The maximum atomic E-state index is 10.9. The minimum Gasteiger partial charge on any atom is -0.454 e. The molecule has 0 fully saturated rings. The third-order valence-electron chi connectivity index (χ3n) is 2.83. The molecule has 20 heavy (non-hydrogen) atoms. The molecule has 2 N–H and O–H groups in total. The molecule has 6 nitrogen and oxygen atoms in total. The van der Waals surface area contributed by atoms with E-state index in [1.807, 2.05) is 18.2 Å². The summed E-state index contributed by atoms with van der Waals surface area (Å²) >= 11 is 1.36. The molecule has 0 bridgehead atoms. The Balaban J connectivity index is 1.91. The number of pyridine rings is 1. The van der Waals surface area contributed by atoms with Crippen LogP contribution in [0.3, 0.4) is 0 Å². The Hall–Kier alpha value is -1.51. The highest BCUT2D eigenvalue weighted by atomic mass is 32.2. The lowest BCUT2D eigenvalue weighted by Gasteiger charge is -2.06.